The maximum atomic E-state index is 13.0. The van der Waals surface area contributed by atoms with E-state index in [1.165, 1.54) is 77.0 Å². The van der Waals surface area contributed by atoms with Crippen LogP contribution in [0.1, 0.15) is 303 Å². The largest absolute Gasteiger partial charge is 0.472 e. The summed E-state index contributed by atoms with van der Waals surface area (Å²) in [5, 5.41) is 20.7. The summed E-state index contributed by atoms with van der Waals surface area (Å²) in [5.74, 6) is -1.65. The Hall–Kier alpha value is -5.09. The third kappa shape index (κ3) is 79.8. The number of phosphoric acid groups is 2. The van der Waals surface area contributed by atoms with Gasteiger partial charge in [-0.25, -0.2) is 9.13 Å². The van der Waals surface area contributed by atoms with E-state index >= 15 is 0 Å². The van der Waals surface area contributed by atoms with E-state index < -0.39 is 91.5 Å². The van der Waals surface area contributed by atoms with Crippen LogP contribution in [0.15, 0.2) is 170 Å². The maximum absolute atomic E-state index is 13.0. The van der Waals surface area contributed by atoms with Crippen LogP contribution in [0.4, 0.5) is 0 Å². The minimum Gasteiger partial charge on any atom is -0.463 e. The average Bonchev–Trinajstić information content (AvgIpc) is 0.922. The molecule has 5 unspecified atom stereocenters. The summed E-state index contributed by atoms with van der Waals surface area (Å²) in [4.78, 5) is 58.8. The number of carbonyl (C=O) groups is 3. The van der Waals surface area contributed by atoms with Gasteiger partial charge in [-0.15, -0.1) is 0 Å². The highest BCUT2D eigenvalue weighted by molar-refractivity contribution is 7.47. The van der Waals surface area contributed by atoms with Crippen LogP contribution in [0.2, 0.25) is 0 Å². The van der Waals surface area contributed by atoms with E-state index in [-0.39, 0.29) is 19.3 Å². The highest BCUT2D eigenvalue weighted by Gasteiger charge is 2.29. The molecule has 0 aromatic heterocycles. The van der Waals surface area contributed by atoms with Crippen molar-refractivity contribution >= 4 is 33.6 Å². The molecule has 16 nitrogen and oxygen atoms in total. The fourth-order valence-electron chi connectivity index (χ4n) is 10.2. The number of ether oxygens (including phenoxy) is 3. The molecular weight excluding hydrogens is 1360 g/mol. The van der Waals surface area contributed by atoms with E-state index in [9.17, 15) is 43.5 Å². The molecular formula is C87H144O16P2. The molecule has 0 rings (SSSR count). The topological polar surface area (TPSA) is 231 Å². The highest BCUT2D eigenvalue weighted by Crippen LogP contribution is 2.45. The Kier molecular flexibility index (Phi) is 74.7. The van der Waals surface area contributed by atoms with Crippen LogP contribution in [-0.4, -0.2) is 95.9 Å². The van der Waals surface area contributed by atoms with Crippen LogP contribution >= 0.6 is 15.6 Å². The van der Waals surface area contributed by atoms with Crippen molar-refractivity contribution in [1.29, 1.82) is 0 Å². The van der Waals surface area contributed by atoms with E-state index in [1.54, 1.807) is 0 Å². The van der Waals surface area contributed by atoms with Gasteiger partial charge in [0.1, 0.15) is 25.4 Å². The van der Waals surface area contributed by atoms with Crippen molar-refractivity contribution in [2.75, 3.05) is 39.6 Å². The number of hydrogen-bond acceptors (Lipinski definition) is 14. The summed E-state index contributed by atoms with van der Waals surface area (Å²) >= 11 is 0. The zero-order chi connectivity index (χ0) is 76.6. The van der Waals surface area contributed by atoms with Crippen molar-refractivity contribution in [3.8, 4) is 0 Å². The molecule has 0 aliphatic rings. The molecule has 0 saturated carbocycles. The molecule has 5 atom stereocenters. The maximum Gasteiger partial charge on any atom is 0.472 e. The first-order valence-corrected chi connectivity index (χ1v) is 43.4. The minimum absolute atomic E-state index is 0.0402. The summed E-state index contributed by atoms with van der Waals surface area (Å²) in [7, 11) is -9.83. The molecule has 0 bridgehead atoms. The molecule has 0 aliphatic carbocycles. The fraction of sp³-hybridized carbons (Fsp3) is 0.644. The molecule has 0 fully saturated rings. The van der Waals surface area contributed by atoms with Gasteiger partial charge in [-0.05, 0) is 161 Å². The Balaban J connectivity index is 4.75. The number of unbranched alkanes of at least 4 members (excludes halogenated alkanes) is 24. The number of phosphoric ester groups is 2. The quantitative estimate of drug-likeness (QED) is 0.0146. The highest BCUT2D eigenvalue weighted by atomic mass is 31.2. The van der Waals surface area contributed by atoms with Crippen LogP contribution < -0.4 is 0 Å². The van der Waals surface area contributed by atoms with Gasteiger partial charge < -0.3 is 34.2 Å². The summed E-state index contributed by atoms with van der Waals surface area (Å²) in [5.41, 5.74) is 0. The van der Waals surface area contributed by atoms with Gasteiger partial charge in [0.2, 0.25) is 0 Å². The van der Waals surface area contributed by atoms with Crippen LogP contribution in [0.25, 0.3) is 0 Å². The molecule has 18 heteroatoms. The van der Waals surface area contributed by atoms with Gasteiger partial charge in [-0.3, -0.25) is 32.5 Å². The SMILES string of the molecule is CC/C=C\C/C=C\C/C=C\C/C=C\C/C=C\C/C=C\CCCCC(=O)OC(COC(=O)CCCCCCCCC/C=C\C/C=C\C/C=C\C/C=C\CCCCC)COP(=O)(O)OCC(O)COP(=O)(O)OCC(O)COC(=O)CCCCCCCCCCC/C=C\C/C=C\C/C=C\C/C=C\CCCCC. The first-order chi connectivity index (χ1) is 51.2. The fourth-order valence-corrected chi connectivity index (χ4v) is 11.8. The van der Waals surface area contributed by atoms with Gasteiger partial charge in [-0.1, -0.05) is 294 Å². The number of aliphatic hydroxyl groups excluding tert-OH is 2. The number of hydrogen-bond donors (Lipinski definition) is 4. The summed E-state index contributed by atoms with van der Waals surface area (Å²) in [6, 6.07) is 0. The zero-order valence-corrected chi connectivity index (χ0v) is 67.1. The molecule has 0 aromatic rings. The van der Waals surface area contributed by atoms with Crippen molar-refractivity contribution in [1.82, 2.24) is 0 Å². The van der Waals surface area contributed by atoms with Crippen LogP contribution in [0.5, 0.6) is 0 Å². The normalized spacial score (nSPS) is 14.8. The molecule has 105 heavy (non-hydrogen) atoms. The van der Waals surface area contributed by atoms with Crippen molar-refractivity contribution in [3.63, 3.8) is 0 Å². The lowest BCUT2D eigenvalue weighted by molar-refractivity contribution is -0.161. The Labute approximate surface area is 637 Å². The van der Waals surface area contributed by atoms with Gasteiger partial charge in [0.25, 0.3) is 0 Å². The molecule has 0 saturated heterocycles. The molecule has 0 spiro atoms. The van der Waals surface area contributed by atoms with Gasteiger partial charge in [-0.2, -0.15) is 0 Å². The number of rotatable bonds is 75. The molecule has 0 aliphatic heterocycles. The molecule has 598 valence electrons. The lowest BCUT2D eigenvalue weighted by Crippen LogP contribution is -2.30. The Morgan fingerprint density at radius 2 is 0.505 bits per heavy atom. The average molecular weight is 1510 g/mol. The zero-order valence-electron chi connectivity index (χ0n) is 65.3. The van der Waals surface area contributed by atoms with Crippen molar-refractivity contribution in [2.45, 2.75) is 322 Å². The first-order valence-electron chi connectivity index (χ1n) is 40.4. The van der Waals surface area contributed by atoms with Gasteiger partial charge >= 0.3 is 33.6 Å². The van der Waals surface area contributed by atoms with Crippen LogP contribution in [0, 0.1) is 0 Å². The Bertz CT molecular complexity index is 2590. The smallest absolute Gasteiger partial charge is 0.463 e. The second kappa shape index (κ2) is 78.5. The molecule has 0 amide bonds. The predicted octanol–water partition coefficient (Wildman–Crippen LogP) is 24.0. The monoisotopic (exact) mass is 1510 g/mol. The van der Waals surface area contributed by atoms with E-state index in [2.05, 4.69) is 191 Å². The lowest BCUT2D eigenvalue weighted by atomic mass is 10.1. The minimum atomic E-state index is -4.96. The molecule has 0 heterocycles. The second-order valence-electron chi connectivity index (χ2n) is 26.5. The molecule has 4 N–H and O–H groups in total. The first kappa shape index (κ1) is 99.9. The number of esters is 3. The van der Waals surface area contributed by atoms with E-state index in [0.717, 1.165) is 161 Å². The Morgan fingerprint density at radius 1 is 0.276 bits per heavy atom. The predicted molar refractivity (Wildman–Crippen MR) is 435 cm³/mol. The molecule has 0 radical (unpaired) electrons. The Morgan fingerprint density at radius 3 is 0.819 bits per heavy atom. The third-order valence-electron chi connectivity index (χ3n) is 16.4. The van der Waals surface area contributed by atoms with Gasteiger partial charge in [0.15, 0.2) is 6.10 Å². The van der Waals surface area contributed by atoms with E-state index in [4.69, 9.17) is 32.3 Å². The van der Waals surface area contributed by atoms with Crippen molar-refractivity contribution in [2.24, 2.45) is 0 Å². The molecule has 0 aromatic carbocycles. The number of aliphatic hydroxyl groups is 2. The van der Waals surface area contributed by atoms with Crippen molar-refractivity contribution < 1.29 is 75.8 Å². The summed E-state index contributed by atoms with van der Waals surface area (Å²) in [6.45, 7) is 2.43. The third-order valence-corrected chi connectivity index (χ3v) is 18.3. The van der Waals surface area contributed by atoms with Crippen molar-refractivity contribution in [3.05, 3.63) is 170 Å². The number of carbonyl (C=O) groups excluding carboxylic acids is 3. The van der Waals surface area contributed by atoms with E-state index in [0.29, 0.717) is 25.7 Å². The van der Waals surface area contributed by atoms with Gasteiger partial charge in [0, 0.05) is 19.3 Å². The summed E-state index contributed by atoms with van der Waals surface area (Å²) < 4.78 is 61.2. The van der Waals surface area contributed by atoms with Gasteiger partial charge in [0.05, 0.1) is 26.4 Å². The van der Waals surface area contributed by atoms with Crippen LogP contribution in [0.3, 0.4) is 0 Å². The standard InChI is InChI=1S/C87H144O16P2/c1-4-7-10-13-16-19-22-25-28-31-34-37-39-40-42-45-46-49-52-55-58-61-64-67-70-73-85(90)97-76-82(88)77-99-104(93,94)100-78-83(89)79-101-105(95,96)102-81-84(103-87(92)75-72-69-66-63-60-57-54-51-48-43-36-33-30-27-24-21-18-15-12-9-6-3)80-98-86(91)74-71-68-65-62-59-56-53-50-47-44-41-38-35-32-29-26-23-20-17-14-11-8-5-2/h9,12,16-21,25-30,34-38,40,42-44,47,51,54,60,63,82-84,88-89H,4-8,10-11,13-15,22-24,31-33,39,41,45-46,48-50,52-53,55-59,61-62,64-81H2,1-3H3,(H,93,94)(H,95,96)/b12-9-,19-16-,20-17-,21-18-,28-25-,29-26-,30-27-,37-34-,38-35-,42-40-,43-36-,47-44-,54-51-,63-60-. The summed E-state index contributed by atoms with van der Waals surface area (Å²) in [6.07, 6.45) is 99.6. The second-order valence-corrected chi connectivity index (χ2v) is 29.4. The van der Waals surface area contributed by atoms with Crippen LogP contribution in [-0.2, 0) is 55.8 Å². The lowest BCUT2D eigenvalue weighted by Gasteiger charge is -2.21. The van der Waals surface area contributed by atoms with E-state index in [1.807, 2.05) is 0 Å². The number of allylic oxidation sites excluding steroid dienone is 28.